The lowest BCUT2D eigenvalue weighted by Crippen LogP contribution is -2.12. The Balaban J connectivity index is 1.88. The van der Waals surface area contributed by atoms with Crippen molar-refractivity contribution in [1.82, 2.24) is 15.0 Å². The fourth-order valence-electron chi connectivity index (χ4n) is 3.44. The summed E-state index contributed by atoms with van der Waals surface area (Å²) in [5.74, 6) is -0.432. The number of benzene rings is 2. The van der Waals surface area contributed by atoms with E-state index in [9.17, 15) is 8.78 Å². The zero-order valence-corrected chi connectivity index (χ0v) is 18.6. The van der Waals surface area contributed by atoms with Gasteiger partial charge in [-0.2, -0.15) is 0 Å². The van der Waals surface area contributed by atoms with Crippen LogP contribution in [0.25, 0.3) is 33.4 Å². The molecular weight excluding hydrogens is 426 g/mol. The summed E-state index contributed by atoms with van der Waals surface area (Å²) >= 11 is 0. The van der Waals surface area contributed by atoms with E-state index in [2.05, 4.69) is 15.3 Å². The Bertz CT molecular complexity index is 1270. The minimum Gasteiger partial charge on any atom is -0.489 e. The summed E-state index contributed by atoms with van der Waals surface area (Å²) in [6.07, 6.45) is 3.41. The summed E-state index contributed by atoms with van der Waals surface area (Å²) in [5, 5.41) is 3.69. The molecule has 0 aliphatic rings. The van der Waals surface area contributed by atoms with Crippen molar-refractivity contribution in [3.05, 3.63) is 66.5 Å². The lowest BCUT2D eigenvalue weighted by atomic mass is 10.0. The van der Waals surface area contributed by atoms with Crippen LogP contribution in [0.2, 0.25) is 0 Å². The summed E-state index contributed by atoms with van der Waals surface area (Å²) in [4.78, 5) is 13.5. The molecule has 0 bridgehead atoms. The van der Waals surface area contributed by atoms with E-state index in [1.807, 2.05) is 19.9 Å². The van der Waals surface area contributed by atoms with Crippen LogP contribution < -0.4 is 10.1 Å². The van der Waals surface area contributed by atoms with Gasteiger partial charge in [0.05, 0.1) is 12.7 Å². The zero-order chi connectivity index (χ0) is 23.4. The molecule has 6 nitrogen and oxygen atoms in total. The number of rotatable bonds is 8. The summed E-state index contributed by atoms with van der Waals surface area (Å²) in [7, 11) is 1.74. The Kier molecular flexibility index (Phi) is 6.74. The first-order valence-electron chi connectivity index (χ1n) is 10.6. The fraction of sp³-hybridized carbons (Fsp3) is 0.240. The Labute approximate surface area is 190 Å². The second-order valence-electron chi connectivity index (χ2n) is 7.63. The largest absolute Gasteiger partial charge is 0.489 e. The predicted octanol–water partition coefficient (Wildman–Crippen LogP) is 5.48. The number of nitrogens with zero attached hydrogens (tertiary/aromatic N) is 3. The summed E-state index contributed by atoms with van der Waals surface area (Å²) in [6.45, 7) is 4.52. The summed E-state index contributed by atoms with van der Waals surface area (Å²) in [5.41, 5.74) is 1.86. The average molecular weight is 450 g/mol. The van der Waals surface area contributed by atoms with Crippen LogP contribution in [-0.2, 0) is 4.74 Å². The number of halogens is 2. The van der Waals surface area contributed by atoms with Crippen molar-refractivity contribution in [1.29, 1.82) is 0 Å². The molecule has 0 aliphatic carbocycles. The molecule has 0 spiro atoms. The molecule has 0 fully saturated rings. The molecule has 0 aliphatic heterocycles. The van der Waals surface area contributed by atoms with Crippen LogP contribution in [0.1, 0.15) is 13.8 Å². The third kappa shape index (κ3) is 4.90. The van der Waals surface area contributed by atoms with Gasteiger partial charge < -0.3 is 14.8 Å². The normalized spacial score (nSPS) is 11.2. The third-order valence-electron chi connectivity index (χ3n) is 4.98. The molecule has 0 saturated carbocycles. The van der Waals surface area contributed by atoms with E-state index >= 15 is 0 Å². The molecule has 170 valence electrons. The van der Waals surface area contributed by atoms with Gasteiger partial charge in [0.15, 0.2) is 17.5 Å². The topological polar surface area (TPSA) is 69.2 Å². The quantitative estimate of drug-likeness (QED) is 0.359. The van der Waals surface area contributed by atoms with Crippen molar-refractivity contribution >= 4 is 16.7 Å². The standard InChI is InChI=1S/C25H24F2N4O2/c1-15(2)32-10-11-33-21-13-17(18-7-4-8-20(26)22(18)27)12-19-23(21)30-24(31-25(19)28-3)16-6-5-9-29-14-16/h4-9,12-15H,10-11H2,1-3H3,(H,28,30,31). The van der Waals surface area contributed by atoms with E-state index < -0.39 is 11.6 Å². The van der Waals surface area contributed by atoms with Crippen LogP contribution in [0.15, 0.2) is 54.9 Å². The van der Waals surface area contributed by atoms with E-state index in [-0.39, 0.29) is 18.3 Å². The molecule has 8 heteroatoms. The minimum atomic E-state index is -0.926. The first-order valence-corrected chi connectivity index (χ1v) is 10.6. The molecule has 4 aromatic rings. The van der Waals surface area contributed by atoms with Gasteiger partial charge in [0.1, 0.15) is 23.7 Å². The Morgan fingerprint density at radius 2 is 1.85 bits per heavy atom. The molecule has 0 amide bonds. The van der Waals surface area contributed by atoms with Crippen molar-refractivity contribution in [3.8, 4) is 28.3 Å². The maximum atomic E-state index is 14.6. The Hall–Kier alpha value is -3.65. The highest BCUT2D eigenvalue weighted by Gasteiger charge is 2.18. The lowest BCUT2D eigenvalue weighted by Gasteiger charge is -2.16. The highest BCUT2D eigenvalue weighted by atomic mass is 19.2. The second kappa shape index (κ2) is 9.87. The monoisotopic (exact) mass is 450 g/mol. The molecule has 2 aromatic carbocycles. The molecule has 2 aromatic heterocycles. The van der Waals surface area contributed by atoms with Gasteiger partial charge in [0.25, 0.3) is 0 Å². The van der Waals surface area contributed by atoms with E-state index in [1.54, 1.807) is 37.6 Å². The van der Waals surface area contributed by atoms with Gasteiger partial charge in [-0.25, -0.2) is 18.7 Å². The first kappa shape index (κ1) is 22.5. The van der Waals surface area contributed by atoms with Crippen molar-refractivity contribution in [2.75, 3.05) is 25.6 Å². The molecule has 0 saturated heterocycles. The Morgan fingerprint density at radius 3 is 2.58 bits per heavy atom. The molecule has 4 rings (SSSR count). The van der Waals surface area contributed by atoms with E-state index in [0.717, 1.165) is 11.6 Å². The number of aromatic nitrogens is 3. The van der Waals surface area contributed by atoms with Gasteiger partial charge >= 0.3 is 0 Å². The number of hydrogen-bond acceptors (Lipinski definition) is 6. The molecule has 2 heterocycles. The van der Waals surface area contributed by atoms with Gasteiger partial charge in [0, 0.05) is 36.0 Å². The van der Waals surface area contributed by atoms with E-state index in [1.165, 1.54) is 12.1 Å². The molecule has 1 N–H and O–H groups in total. The van der Waals surface area contributed by atoms with Crippen LogP contribution >= 0.6 is 0 Å². The zero-order valence-electron chi connectivity index (χ0n) is 18.6. The molecular formula is C25H24F2N4O2. The molecule has 0 atom stereocenters. The number of ether oxygens (including phenoxy) is 2. The third-order valence-corrected chi connectivity index (χ3v) is 4.98. The highest BCUT2D eigenvalue weighted by molar-refractivity contribution is 5.97. The smallest absolute Gasteiger partial charge is 0.166 e. The first-order chi connectivity index (χ1) is 16.0. The van der Waals surface area contributed by atoms with Crippen molar-refractivity contribution in [3.63, 3.8) is 0 Å². The van der Waals surface area contributed by atoms with Crippen LogP contribution in [0, 0.1) is 11.6 Å². The van der Waals surface area contributed by atoms with Gasteiger partial charge in [-0.3, -0.25) is 4.98 Å². The Morgan fingerprint density at radius 1 is 1.00 bits per heavy atom. The van der Waals surface area contributed by atoms with E-state index in [0.29, 0.717) is 40.5 Å². The van der Waals surface area contributed by atoms with Crippen LogP contribution in [0.3, 0.4) is 0 Å². The SMILES string of the molecule is CNc1nc(-c2cccnc2)nc2c(OCCOC(C)C)cc(-c3cccc(F)c3F)cc12. The predicted molar refractivity (Wildman–Crippen MR) is 124 cm³/mol. The number of anilines is 1. The van der Waals surface area contributed by atoms with Gasteiger partial charge in [-0.1, -0.05) is 12.1 Å². The lowest BCUT2D eigenvalue weighted by molar-refractivity contribution is 0.0556. The molecule has 33 heavy (non-hydrogen) atoms. The number of hydrogen-bond donors (Lipinski definition) is 1. The van der Waals surface area contributed by atoms with Crippen LogP contribution in [-0.4, -0.2) is 41.3 Å². The van der Waals surface area contributed by atoms with Gasteiger partial charge in [-0.15, -0.1) is 0 Å². The van der Waals surface area contributed by atoms with Gasteiger partial charge in [-0.05, 0) is 49.7 Å². The van der Waals surface area contributed by atoms with E-state index in [4.69, 9.17) is 14.5 Å². The van der Waals surface area contributed by atoms with Gasteiger partial charge in [0.2, 0.25) is 0 Å². The summed E-state index contributed by atoms with van der Waals surface area (Å²) in [6, 6.07) is 11.1. The average Bonchev–Trinajstić information content (AvgIpc) is 2.83. The second-order valence-corrected chi connectivity index (χ2v) is 7.63. The van der Waals surface area contributed by atoms with Crippen molar-refractivity contribution < 1.29 is 18.3 Å². The van der Waals surface area contributed by atoms with Crippen LogP contribution in [0.5, 0.6) is 5.75 Å². The number of fused-ring (bicyclic) bond motifs is 1. The van der Waals surface area contributed by atoms with Crippen molar-refractivity contribution in [2.45, 2.75) is 20.0 Å². The summed E-state index contributed by atoms with van der Waals surface area (Å²) < 4.78 is 40.1. The van der Waals surface area contributed by atoms with Crippen LogP contribution in [0.4, 0.5) is 14.6 Å². The maximum absolute atomic E-state index is 14.6. The highest BCUT2D eigenvalue weighted by Crippen LogP contribution is 2.37. The number of pyridine rings is 1. The minimum absolute atomic E-state index is 0.0634. The fourth-order valence-corrected chi connectivity index (χ4v) is 3.44. The number of nitrogens with one attached hydrogen (secondary N) is 1. The molecule has 0 radical (unpaired) electrons. The molecule has 0 unspecified atom stereocenters. The maximum Gasteiger partial charge on any atom is 0.166 e. The van der Waals surface area contributed by atoms with Crippen molar-refractivity contribution in [2.24, 2.45) is 0 Å².